The highest BCUT2D eigenvalue weighted by atomic mass is 16.5. The lowest BCUT2D eigenvalue weighted by atomic mass is 9.67. The molecule has 2 heteroatoms. The van der Waals surface area contributed by atoms with Gasteiger partial charge in [-0.2, -0.15) is 0 Å². The molecule has 0 aromatic carbocycles. The number of methoxy groups -OCH3 is 1. The molecule has 0 heterocycles. The lowest BCUT2D eigenvalue weighted by molar-refractivity contribution is -0.155. The highest BCUT2D eigenvalue weighted by molar-refractivity contribution is 5.76. The van der Waals surface area contributed by atoms with Crippen LogP contribution in [0.4, 0.5) is 0 Å². The van der Waals surface area contributed by atoms with Gasteiger partial charge in [0.1, 0.15) is 0 Å². The minimum Gasteiger partial charge on any atom is -0.469 e. The molecule has 0 aromatic rings. The first-order chi connectivity index (χ1) is 5.99. The Bertz CT molecular complexity index is 200. The Balaban J connectivity index is 2.66. The van der Waals surface area contributed by atoms with E-state index in [2.05, 4.69) is 13.8 Å². The molecule has 0 saturated heterocycles. The van der Waals surface area contributed by atoms with Crippen LogP contribution in [0, 0.1) is 17.3 Å². The molecule has 0 N–H and O–H groups in total. The first kappa shape index (κ1) is 10.6. The second-order valence-electron chi connectivity index (χ2n) is 4.75. The molecule has 0 bridgehead atoms. The average molecular weight is 184 g/mol. The van der Waals surface area contributed by atoms with Gasteiger partial charge < -0.3 is 4.74 Å². The van der Waals surface area contributed by atoms with Gasteiger partial charge in [-0.15, -0.1) is 0 Å². The van der Waals surface area contributed by atoms with E-state index in [-0.39, 0.29) is 11.4 Å². The van der Waals surface area contributed by atoms with Crippen LogP contribution in [0.3, 0.4) is 0 Å². The minimum atomic E-state index is -0.222. The van der Waals surface area contributed by atoms with Crippen molar-refractivity contribution in [3.05, 3.63) is 0 Å². The molecule has 0 spiro atoms. The number of carbonyl (C=O) groups is 1. The molecule has 1 aliphatic carbocycles. The number of hydrogen-bond acceptors (Lipinski definition) is 2. The first-order valence-corrected chi connectivity index (χ1v) is 5.08. The Labute approximate surface area is 80.7 Å². The Kier molecular flexibility index (Phi) is 2.99. The normalized spacial score (nSPS) is 40.0. The molecule has 0 radical (unpaired) electrons. The van der Waals surface area contributed by atoms with Gasteiger partial charge in [0.05, 0.1) is 12.5 Å². The van der Waals surface area contributed by atoms with Crippen LogP contribution < -0.4 is 0 Å². The molecule has 1 fully saturated rings. The summed E-state index contributed by atoms with van der Waals surface area (Å²) in [4.78, 5) is 11.5. The molecule has 2 unspecified atom stereocenters. The van der Waals surface area contributed by atoms with Crippen molar-refractivity contribution in [3.8, 4) is 0 Å². The Morgan fingerprint density at radius 3 is 2.46 bits per heavy atom. The van der Waals surface area contributed by atoms with Gasteiger partial charge in [-0.1, -0.05) is 13.8 Å². The van der Waals surface area contributed by atoms with Crippen molar-refractivity contribution in [2.75, 3.05) is 7.11 Å². The zero-order valence-corrected chi connectivity index (χ0v) is 9.09. The van der Waals surface area contributed by atoms with E-state index < -0.39 is 0 Å². The van der Waals surface area contributed by atoms with Crippen molar-refractivity contribution < 1.29 is 9.53 Å². The number of esters is 1. The van der Waals surface area contributed by atoms with Crippen LogP contribution in [0.15, 0.2) is 0 Å². The smallest absolute Gasteiger partial charge is 0.311 e. The lowest BCUT2D eigenvalue weighted by Gasteiger charge is -2.38. The van der Waals surface area contributed by atoms with Gasteiger partial charge in [-0.25, -0.2) is 0 Å². The van der Waals surface area contributed by atoms with Crippen molar-refractivity contribution in [3.63, 3.8) is 0 Å². The molecule has 76 valence electrons. The minimum absolute atomic E-state index is 0.0359. The summed E-state index contributed by atoms with van der Waals surface area (Å²) in [5.74, 6) is 1.35. The van der Waals surface area contributed by atoms with Crippen LogP contribution in [0.25, 0.3) is 0 Å². The SMILES string of the molecule is COC(=O)[C@@]1(C)CCC(C)C(C)C1. The molecule has 13 heavy (non-hydrogen) atoms. The van der Waals surface area contributed by atoms with E-state index in [0.29, 0.717) is 5.92 Å². The lowest BCUT2D eigenvalue weighted by Crippen LogP contribution is -2.36. The molecule has 0 aliphatic heterocycles. The van der Waals surface area contributed by atoms with Crippen LogP contribution in [-0.2, 0) is 9.53 Å². The van der Waals surface area contributed by atoms with Crippen LogP contribution in [0.2, 0.25) is 0 Å². The van der Waals surface area contributed by atoms with Crippen LogP contribution in [0.1, 0.15) is 40.0 Å². The van der Waals surface area contributed by atoms with Gasteiger partial charge in [0.2, 0.25) is 0 Å². The van der Waals surface area contributed by atoms with E-state index in [9.17, 15) is 4.79 Å². The van der Waals surface area contributed by atoms with Gasteiger partial charge in [-0.05, 0) is 38.0 Å². The third-order valence-electron chi connectivity index (χ3n) is 3.57. The largest absolute Gasteiger partial charge is 0.469 e. The van der Waals surface area contributed by atoms with Crippen molar-refractivity contribution >= 4 is 5.97 Å². The number of carbonyl (C=O) groups excluding carboxylic acids is 1. The molecular weight excluding hydrogens is 164 g/mol. The average Bonchev–Trinajstić information content (AvgIpc) is 2.11. The highest BCUT2D eigenvalue weighted by Crippen LogP contribution is 2.42. The third kappa shape index (κ3) is 2.04. The molecule has 0 amide bonds. The zero-order valence-electron chi connectivity index (χ0n) is 9.09. The van der Waals surface area contributed by atoms with E-state index in [1.54, 1.807) is 0 Å². The third-order valence-corrected chi connectivity index (χ3v) is 3.57. The fraction of sp³-hybridized carbons (Fsp3) is 0.909. The van der Waals surface area contributed by atoms with Gasteiger partial charge in [-0.3, -0.25) is 4.79 Å². The molecule has 1 aliphatic rings. The summed E-state index contributed by atoms with van der Waals surface area (Å²) >= 11 is 0. The van der Waals surface area contributed by atoms with Crippen molar-refractivity contribution in [2.45, 2.75) is 40.0 Å². The van der Waals surface area contributed by atoms with E-state index in [1.165, 1.54) is 7.11 Å². The molecule has 2 nitrogen and oxygen atoms in total. The summed E-state index contributed by atoms with van der Waals surface area (Å²) in [6.45, 7) is 6.52. The van der Waals surface area contributed by atoms with Gasteiger partial charge in [0.15, 0.2) is 0 Å². The van der Waals surface area contributed by atoms with E-state index in [1.807, 2.05) is 6.92 Å². The van der Waals surface area contributed by atoms with E-state index in [0.717, 1.165) is 25.2 Å². The summed E-state index contributed by atoms with van der Waals surface area (Å²) in [6.07, 6.45) is 3.10. The van der Waals surface area contributed by atoms with Crippen molar-refractivity contribution in [2.24, 2.45) is 17.3 Å². The van der Waals surface area contributed by atoms with E-state index >= 15 is 0 Å². The first-order valence-electron chi connectivity index (χ1n) is 5.08. The predicted octanol–water partition coefficient (Wildman–Crippen LogP) is 2.62. The van der Waals surface area contributed by atoms with Crippen LogP contribution >= 0.6 is 0 Å². The summed E-state index contributed by atoms with van der Waals surface area (Å²) in [6, 6.07) is 0. The van der Waals surface area contributed by atoms with Crippen LogP contribution in [-0.4, -0.2) is 13.1 Å². The molecule has 3 atom stereocenters. The zero-order chi connectivity index (χ0) is 10.1. The number of rotatable bonds is 1. The highest BCUT2D eigenvalue weighted by Gasteiger charge is 2.40. The molecular formula is C11H20O2. The summed E-state index contributed by atoms with van der Waals surface area (Å²) < 4.78 is 4.84. The van der Waals surface area contributed by atoms with Crippen molar-refractivity contribution in [1.82, 2.24) is 0 Å². The summed E-state index contributed by atoms with van der Waals surface area (Å²) in [5, 5.41) is 0. The summed E-state index contributed by atoms with van der Waals surface area (Å²) in [5.41, 5.74) is -0.222. The quantitative estimate of drug-likeness (QED) is 0.585. The monoisotopic (exact) mass is 184 g/mol. The standard InChI is InChI=1S/C11H20O2/c1-8-5-6-11(3,7-9(8)2)10(12)13-4/h8-9H,5-7H2,1-4H3/t8?,9?,11-/m0/s1. The molecule has 0 aromatic heterocycles. The van der Waals surface area contributed by atoms with Gasteiger partial charge in [0, 0.05) is 0 Å². The Morgan fingerprint density at radius 1 is 1.38 bits per heavy atom. The maximum atomic E-state index is 11.5. The van der Waals surface area contributed by atoms with Gasteiger partial charge in [0.25, 0.3) is 0 Å². The topological polar surface area (TPSA) is 26.3 Å². The number of ether oxygens (including phenoxy) is 1. The van der Waals surface area contributed by atoms with Crippen LogP contribution in [0.5, 0.6) is 0 Å². The van der Waals surface area contributed by atoms with E-state index in [4.69, 9.17) is 4.74 Å². The Hall–Kier alpha value is -0.530. The maximum absolute atomic E-state index is 11.5. The molecule has 1 saturated carbocycles. The molecule has 1 rings (SSSR count). The maximum Gasteiger partial charge on any atom is 0.311 e. The fourth-order valence-electron chi connectivity index (χ4n) is 2.28. The predicted molar refractivity (Wildman–Crippen MR) is 52.3 cm³/mol. The van der Waals surface area contributed by atoms with Crippen molar-refractivity contribution in [1.29, 1.82) is 0 Å². The second-order valence-corrected chi connectivity index (χ2v) is 4.75. The second kappa shape index (κ2) is 3.69. The summed E-state index contributed by atoms with van der Waals surface area (Å²) in [7, 11) is 1.48. The number of hydrogen-bond donors (Lipinski definition) is 0. The Morgan fingerprint density at radius 2 is 2.00 bits per heavy atom. The fourth-order valence-corrected chi connectivity index (χ4v) is 2.28. The van der Waals surface area contributed by atoms with Gasteiger partial charge >= 0.3 is 5.97 Å².